The van der Waals surface area contributed by atoms with Crippen LogP contribution in [0.4, 0.5) is 0 Å². The zero-order valence-corrected chi connectivity index (χ0v) is 43.5. The van der Waals surface area contributed by atoms with Gasteiger partial charge in [-0.05, 0) is 89.8 Å². The molecule has 0 spiro atoms. The average Bonchev–Trinajstić information content (AvgIpc) is 3.04. The summed E-state index contributed by atoms with van der Waals surface area (Å²) < 4.78 is 23.6. The van der Waals surface area contributed by atoms with Crippen molar-refractivity contribution in [1.82, 2.24) is 0 Å². The van der Waals surface area contributed by atoms with Crippen LogP contribution < -0.4 is 18.9 Å². The highest BCUT2D eigenvalue weighted by Crippen LogP contribution is 2.64. The third-order valence-corrected chi connectivity index (χ3v) is 13.9. The van der Waals surface area contributed by atoms with Gasteiger partial charge in [-0.1, -0.05) is 215 Å². The van der Waals surface area contributed by atoms with E-state index in [9.17, 15) is 0 Å². The van der Waals surface area contributed by atoms with Gasteiger partial charge in [0.25, 0.3) is 0 Å². The Morgan fingerprint density at radius 1 is 0.267 bits per heavy atom. The second-order valence-corrected chi connectivity index (χ2v) is 27.7. The lowest BCUT2D eigenvalue weighted by atomic mass is 9.80. The third kappa shape index (κ3) is 11.4. The van der Waals surface area contributed by atoms with Gasteiger partial charge in [-0.2, -0.15) is 0 Å². The molecule has 0 saturated heterocycles. The van der Waals surface area contributed by atoms with Gasteiger partial charge in [-0.15, -0.1) is 0 Å². The summed E-state index contributed by atoms with van der Waals surface area (Å²) in [6.07, 6.45) is 0. The fraction of sp³-hybridized carbons (Fsp3) is 0.571. The lowest BCUT2D eigenvalue weighted by Gasteiger charge is -2.34. The van der Waals surface area contributed by atoms with Gasteiger partial charge in [-0.25, -0.2) is 0 Å². The van der Waals surface area contributed by atoms with Crippen molar-refractivity contribution in [1.29, 1.82) is 0 Å². The normalized spacial score (nSPS) is 14.0. The van der Waals surface area contributed by atoms with Gasteiger partial charge in [0.15, 0.2) is 17.2 Å². The van der Waals surface area contributed by atoms with Crippen molar-refractivity contribution in [3.05, 3.63) is 117 Å². The largest absolute Gasteiger partial charge is 0.580 e. The molecule has 3 nitrogen and oxygen atoms in total. The van der Waals surface area contributed by atoms with Crippen molar-refractivity contribution in [3.8, 4) is 17.2 Å². The second kappa shape index (κ2) is 16.1. The molecule has 0 N–H and O–H groups in total. The van der Waals surface area contributed by atoms with Crippen LogP contribution in [0.3, 0.4) is 0 Å². The Kier molecular flexibility index (Phi) is 13.3. The molecule has 0 atom stereocenters. The maximum atomic E-state index is 7.88. The van der Waals surface area contributed by atoms with Gasteiger partial charge < -0.3 is 0 Å². The van der Waals surface area contributed by atoms with E-state index in [1.165, 1.54) is 22.3 Å². The first-order valence-corrected chi connectivity index (χ1v) is 23.9. The number of hydrogen-bond acceptors (Lipinski definition) is 3. The van der Waals surface area contributed by atoms with Crippen LogP contribution in [0.2, 0.25) is 0 Å². The van der Waals surface area contributed by atoms with E-state index in [2.05, 4.69) is 239 Å². The van der Waals surface area contributed by atoms with Crippen LogP contribution in [-0.2, 0) is 43.3 Å². The number of rotatable bonds is 7. The molecular weight excluding hydrogens is 752 g/mol. The van der Waals surface area contributed by atoms with E-state index in [0.29, 0.717) is 0 Å². The molecule has 0 fully saturated rings. The molecule has 4 aromatic rings. The van der Waals surface area contributed by atoms with E-state index in [1.807, 2.05) is 0 Å². The van der Waals surface area contributed by atoms with Crippen LogP contribution in [0, 0.1) is 0 Å². The van der Waals surface area contributed by atoms with Crippen molar-refractivity contribution in [2.24, 2.45) is 0 Å². The molecule has 0 aromatic heterocycles. The Hall–Kier alpha value is -3.29. The van der Waals surface area contributed by atoms with E-state index in [-0.39, 0.29) is 43.3 Å². The molecular formula is C56H84O3P+. The average molecular weight is 836 g/mol. The summed E-state index contributed by atoms with van der Waals surface area (Å²) in [6.45, 7) is 54.6. The van der Waals surface area contributed by atoms with Gasteiger partial charge in [0.1, 0.15) is 0 Å². The Bertz CT molecular complexity index is 1960. The molecule has 60 heavy (non-hydrogen) atoms. The van der Waals surface area contributed by atoms with Crippen LogP contribution in [0.1, 0.15) is 211 Å². The predicted octanol–water partition coefficient (Wildman–Crippen LogP) is 16.7. The van der Waals surface area contributed by atoms with Crippen molar-refractivity contribution in [2.45, 2.75) is 209 Å². The predicted molar refractivity (Wildman–Crippen MR) is 264 cm³/mol. The first-order chi connectivity index (χ1) is 26.7. The molecule has 4 aromatic carbocycles. The van der Waals surface area contributed by atoms with Gasteiger partial charge in [0, 0.05) is 22.3 Å². The lowest BCUT2D eigenvalue weighted by Crippen LogP contribution is -2.35. The monoisotopic (exact) mass is 836 g/mol. The van der Waals surface area contributed by atoms with Gasteiger partial charge in [-0.3, -0.25) is 13.6 Å². The molecule has 330 valence electrons. The van der Waals surface area contributed by atoms with E-state index in [1.54, 1.807) is 0 Å². The van der Waals surface area contributed by atoms with Gasteiger partial charge >= 0.3 is 7.94 Å². The molecule has 0 aliphatic heterocycles. The van der Waals surface area contributed by atoms with E-state index in [0.717, 1.165) is 44.8 Å². The fourth-order valence-corrected chi connectivity index (χ4v) is 10.0. The standard InChI is InChI=1S/C56H84O3P/c1-49(2,3)37-25-29-45(41(33-37)53(13,14)15)57-60(48-32-28-40(52(10,11)12)36-44(48)56(22,23)24,58-46-30-26-38(50(4,5)6)34-42(46)54(16,17)18)59-47-31-27-39(51(7,8)9)35-43(47)55(19,20)21/h25-36H,1-24H3/q+1. The van der Waals surface area contributed by atoms with Crippen LogP contribution in [0.15, 0.2) is 72.8 Å². The molecule has 0 radical (unpaired) electrons. The zero-order valence-electron chi connectivity index (χ0n) is 42.6. The Morgan fingerprint density at radius 3 is 0.700 bits per heavy atom. The van der Waals surface area contributed by atoms with Crippen molar-refractivity contribution >= 4 is 13.2 Å². The van der Waals surface area contributed by atoms with Crippen molar-refractivity contribution in [3.63, 3.8) is 0 Å². The Balaban J connectivity index is 2.32. The summed E-state index contributed by atoms with van der Waals surface area (Å²) in [6, 6.07) is 27.1. The van der Waals surface area contributed by atoms with Crippen LogP contribution in [0.5, 0.6) is 17.2 Å². The van der Waals surface area contributed by atoms with Crippen LogP contribution >= 0.6 is 7.94 Å². The number of benzene rings is 4. The third-order valence-electron chi connectivity index (χ3n) is 11.6. The molecule has 0 aliphatic rings. The number of hydrogen-bond donors (Lipinski definition) is 0. The topological polar surface area (TPSA) is 27.7 Å². The Morgan fingerprint density at radius 2 is 0.483 bits per heavy atom. The highest BCUT2D eigenvalue weighted by molar-refractivity contribution is 7.70. The van der Waals surface area contributed by atoms with Crippen LogP contribution in [-0.4, -0.2) is 0 Å². The zero-order chi connectivity index (χ0) is 46.0. The maximum Gasteiger partial charge on any atom is 0.580 e. The minimum atomic E-state index is -3.68. The summed E-state index contributed by atoms with van der Waals surface area (Å²) >= 11 is 0. The minimum Gasteiger partial charge on any atom is -0.267 e. The first-order valence-electron chi connectivity index (χ1n) is 22.3. The summed E-state index contributed by atoms with van der Waals surface area (Å²) in [5, 5.41) is 0.947. The second-order valence-electron chi connectivity index (χ2n) is 25.6. The smallest absolute Gasteiger partial charge is 0.267 e. The van der Waals surface area contributed by atoms with Crippen LogP contribution in [0.25, 0.3) is 0 Å². The van der Waals surface area contributed by atoms with Crippen molar-refractivity contribution in [2.75, 3.05) is 0 Å². The molecule has 0 aliphatic carbocycles. The SMILES string of the molecule is CC(C)(C)c1ccc(O[P+](Oc2ccc(C(C)(C)C)cc2C(C)(C)C)(Oc2ccc(C(C)(C)C)cc2C(C)(C)C)c2ccc(C(C)(C)C)cc2C(C)(C)C)c(C(C)(C)C)c1. The maximum absolute atomic E-state index is 7.88. The molecule has 0 heterocycles. The molecule has 0 bridgehead atoms. The summed E-state index contributed by atoms with van der Waals surface area (Å²) in [5.41, 5.74) is 8.31. The summed E-state index contributed by atoms with van der Waals surface area (Å²) in [4.78, 5) is 0. The Labute approximate surface area is 369 Å². The highest BCUT2D eigenvalue weighted by Gasteiger charge is 2.58. The van der Waals surface area contributed by atoms with Gasteiger partial charge in [0.2, 0.25) is 5.30 Å². The van der Waals surface area contributed by atoms with E-state index >= 15 is 0 Å². The fourth-order valence-electron chi connectivity index (χ4n) is 7.42. The van der Waals surface area contributed by atoms with E-state index in [4.69, 9.17) is 13.6 Å². The van der Waals surface area contributed by atoms with Gasteiger partial charge in [0.05, 0.1) is 0 Å². The molecule has 0 amide bonds. The first kappa shape index (κ1) is 49.4. The quantitative estimate of drug-likeness (QED) is 0.174. The highest BCUT2D eigenvalue weighted by atomic mass is 31.2. The minimum absolute atomic E-state index is 0.0488. The molecule has 0 unspecified atom stereocenters. The lowest BCUT2D eigenvalue weighted by molar-refractivity contribution is 0.353. The molecule has 4 rings (SSSR count). The van der Waals surface area contributed by atoms with Crippen molar-refractivity contribution < 1.29 is 13.6 Å². The molecule has 4 heteroatoms. The summed E-state index contributed by atoms with van der Waals surface area (Å²) in [7, 11) is -3.68. The molecule has 0 saturated carbocycles. The summed E-state index contributed by atoms with van der Waals surface area (Å²) in [5.74, 6) is 2.32. The van der Waals surface area contributed by atoms with E-state index < -0.39 is 7.94 Å².